The summed E-state index contributed by atoms with van der Waals surface area (Å²) in [6.07, 6.45) is 2.61. The molecule has 0 aliphatic carbocycles. The Morgan fingerprint density at radius 1 is 1.27 bits per heavy atom. The lowest BCUT2D eigenvalue weighted by Crippen LogP contribution is -2.31. The lowest BCUT2D eigenvalue weighted by Gasteiger charge is -2.26. The number of hydrogen-bond acceptors (Lipinski definition) is 5. The first-order valence-electron chi connectivity index (χ1n) is 8.74. The molecule has 1 aromatic heterocycles. The van der Waals surface area contributed by atoms with Crippen molar-refractivity contribution in [1.29, 1.82) is 0 Å². The summed E-state index contributed by atoms with van der Waals surface area (Å²) in [7, 11) is -3.60. The molecule has 2 aliphatic heterocycles. The number of rotatable bonds is 5. The number of carbonyl (C=O) groups is 1. The number of anilines is 1. The minimum Gasteiger partial charge on any atom is -0.312 e. The number of nitrogens with zero attached hydrogens (tertiary/aromatic N) is 2. The molecule has 138 valence electrons. The standard InChI is InChI=1S/C18H21N3O3S2/c1-11-16(25-12(2)20-11)5-6-19-26(23,24)15-8-13-4-3-7-21-17(22)10-14(9-15)18(13)21/h8-9,19H,3-7,10H2,1-2H3. The maximum Gasteiger partial charge on any atom is 0.240 e. The zero-order chi connectivity index (χ0) is 18.5. The van der Waals surface area contributed by atoms with E-state index < -0.39 is 10.0 Å². The topological polar surface area (TPSA) is 79.4 Å². The second-order valence-electron chi connectivity index (χ2n) is 6.81. The van der Waals surface area contributed by atoms with E-state index in [4.69, 9.17) is 0 Å². The van der Waals surface area contributed by atoms with Crippen LogP contribution >= 0.6 is 11.3 Å². The highest BCUT2D eigenvalue weighted by atomic mass is 32.2. The summed E-state index contributed by atoms with van der Waals surface area (Å²) in [6.45, 7) is 4.96. The monoisotopic (exact) mass is 391 g/mol. The third-order valence-corrected chi connectivity index (χ3v) is 7.51. The molecule has 1 N–H and O–H groups in total. The molecule has 0 spiro atoms. The molecule has 0 bridgehead atoms. The molecule has 1 aromatic carbocycles. The summed E-state index contributed by atoms with van der Waals surface area (Å²) in [6, 6.07) is 3.39. The number of benzene rings is 1. The number of aryl methyl sites for hydroxylation is 3. The number of sulfonamides is 1. The van der Waals surface area contributed by atoms with Gasteiger partial charge in [-0.05, 0) is 56.4 Å². The van der Waals surface area contributed by atoms with Crippen LogP contribution in [-0.2, 0) is 34.1 Å². The summed E-state index contributed by atoms with van der Waals surface area (Å²) in [4.78, 5) is 19.7. The van der Waals surface area contributed by atoms with Crippen LogP contribution in [0.4, 0.5) is 5.69 Å². The molecule has 0 saturated heterocycles. The van der Waals surface area contributed by atoms with Crippen molar-refractivity contribution in [2.24, 2.45) is 0 Å². The molecular formula is C18H21N3O3S2. The largest absolute Gasteiger partial charge is 0.312 e. The van der Waals surface area contributed by atoms with Crippen molar-refractivity contribution in [3.05, 3.63) is 38.8 Å². The minimum atomic E-state index is -3.60. The first-order chi connectivity index (χ1) is 12.3. The summed E-state index contributed by atoms with van der Waals surface area (Å²) >= 11 is 1.60. The van der Waals surface area contributed by atoms with Crippen LogP contribution in [0.5, 0.6) is 0 Å². The van der Waals surface area contributed by atoms with Gasteiger partial charge in [0, 0.05) is 18.0 Å². The van der Waals surface area contributed by atoms with Gasteiger partial charge in [-0.2, -0.15) is 0 Å². The van der Waals surface area contributed by atoms with E-state index >= 15 is 0 Å². The van der Waals surface area contributed by atoms with Crippen LogP contribution in [0, 0.1) is 13.8 Å². The summed E-state index contributed by atoms with van der Waals surface area (Å²) in [5, 5.41) is 0.993. The maximum atomic E-state index is 12.7. The fraction of sp³-hybridized carbons (Fsp3) is 0.444. The molecule has 0 unspecified atom stereocenters. The molecule has 4 rings (SSSR count). The predicted octanol–water partition coefficient (Wildman–Crippen LogP) is 2.12. The number of thiazole rings is 1. The van der Waals surface area contributed by atoms with Gasteiger partial charge in [0.05, 0.1) is 27.7 Å². The maximum absolute atomic E-state index is 12.7. The Bertz CT molecular complexity index is 995. The molecule has 8 heteroatoms. The summed E-state index contributed by atoms with van der Waals surface area (Å²) < 4.78 is 28.2. The normalized spacial score (nSPS) is 16.2. The van der Waals surface area contributed by atoms with Gasteiger partial charge in [-0.25, -0.2) is 18.1 Å². The average Bonchev–Trinajstić information content (AvgIpc) is 3.08. The number of carbonyl (C=O) groups excluding carboxylic acids is 1. The van der Waals surface area contributed by atoms with Crippen molar-refractivity contribution < 1.29 is 13.2 Å². The van der Waals surface area contributed by atoms with E-state index in [0.29, 0.717) is 19.4 Å². The number of aromatic nitrogens is 1. The number of nitrogens with one attached hydrogen (secondary N) is 1. The van der Waals surface area contributed by atoms with Crippen LogP contribution in [0.1, 0.15) is 33.1 Å². The van der Waals surface area contributed by atoms with Gasteiger partial charge in [-0.15, -0.1) is 11.3 Å². The molecule has 26 heavy (non-hydrogen) atoms. The van der Waals surface area contributed by atoms with Crippen LogP contribution < -0.4 is 9.62 Å². The van der Waals surface area contributed by atoms with Crippen LogP contribution in [-0.4, -0.2) is 32.4 Å². The summed E-state index contributed by atoms with van der Waals surface area (Å²) in [5.74, 6) is 0.0690. The van der Waals surface area contributed by atoms with Crippen molar-refractivity contribution in [2.75, 3.05) is 18.0 Å². The Morgan fingerprint density at radius 3 is 2.77 bits per heavy atom. The van der Waals surface area contributed by atoms with Gasteiger partial charge < -0.3 is 4.90 Å². The van der Waals surface area contributed by atoms with Crippen LogP contribution in [0.2, 0.25) is 0 Å². The fourth-order valence-electron chi connectivity index (χ4n) is 3.79. The highest BCUT2D eigenvalue weighted by Gasteiger charge is 2.33. The Labute approximate surface area is 157 Å². The van der Waals surface area contributed by atoms with Crippen LogP contribution in [0.25, 0.3) is 0 Å². The van der Waals surface area contributed by atoms with Crippen molar-refractivity contribution in [2.45, 2.75) is 44.4 Å². The van der Waals surface area contributed by atoms with Crippen molar-refractivity contribution in [1.82, 2.24) is 9.71 Å². The van der Waals surface area contributed by atoms with Gasteiger partial charge in [-0.3, -0.25) is 4.79 Å². The van der Waals surface area contributed by atoms with Crippen LogP contribution in [0.15, 0.2) is 17.0 Å². The third-order valence-electron chi connectivity index (χ3n) is 4.94. The zero-order valence-electron chi connectivity index (χ0n) is 14.8. The highest BCUT2D eigenvalue weighted by molar-refractivity contribution is 7.89. The van der Waals surface area contributed by atoms with E-state index in [1.165, 1.54) is 0 Å². The fourth-order valence-corrected chi connectivity index (χ4v) is 5.86. The van der Waals surface area contributed by atoms with E-state index in [1.54, 1.807) is 28.4 Å². The van der Waals surface area contributed by atoms with Gasteiger partial charge in [-0.1, -0.05) is 0 Å². The van der Waals surface area contributed by atoms with Gasteiger partial charge in [0.2, 0.25) is 15.9 Å². The third kappa shape index (κ3) is 3.06. The van der Waals surface area contributed by atoms with E-state index in [0.717, 1.165) is 51.8 Å². The van der Waals surface area contributed by atoms with Gasteiger partial charge in [0.15, 0.2) is 0 Å². The van der Waals surface area contributed by atoms with E-state index in [2.05, 4.69) is 9.71 Å². The van der Waals surface area contributed by atoms with Crippen molar-refractivity contribution in [3.8, 4) is 0 Å². The minimum absolute atomic E-state index is 0.0690. The highest BCUT2D eigenvalue weighted by Crippen LogP contribution is 2.38. The summed E-state index contributed by atoms with van der Waals surface area (Å²) in [5.41, 5.74) is 3.71. The molecule has 6 nitrogen and oxygen atoms in total. The first kappa shape index (κ1) is 17.6. The van der Waals surface area contributed by atoms with Crippen LogP contribution in [0.3, 0.4) is 0 Å². The molecule has 0 fully saturated rings. The van der Waals surface area contributed by atoms with Gasteiger partial charge in [0.1, 0.15) is 0 Å². The molecule has 0 atom stereocenters. The molecule has 0 radical (unpaired) electrons. The van der Waals surface area contributed by atoms with Crippen molar-refractivity contribution >= 4 is 33.0 Å². The smallest absolute Gasteiger partial charge is 0.240 e. The van der Waals surface area contributed by atoms with Gasteiger partial charge in [0.25, 0.3) is 0 Å². The van der Waals surface area contributed by atoms with Gasteiger partial charge >= 0.3 is 0 Å². The van der Waals surface area contributed by atoms with E-state index in [9.17, 15) is 13.2 Å². The Balaban J connectivity index is 1.54. The van der Waals surface area contributed by atoms with Crippen molar-refractivity contribution in [3.63, 3.8) is 0 Å². The second-order valence-corrected chi connectivity index (χ2v) is 9.86. The second kappa shape index (κ2) is 6.44. The Hall–Kier alpha value is -1.77. The lowest BCUT2D eigenvalue weighted by atomic mass is 10.0. The lowest BCUT2D eigenvalue weighted by molar-refractivity contribution is -0.117. The molecule has 1 amide bonds. The molecule has 2 aliphatic rings. The molecule has 3 heterocycles. The van der Waals surface area contributed by atoms with E-state index in [1.807, 2.05) is 13.8 Å². The Morgan fingerprint density at radius 2 is 2.04 bits per heavy atom. The van der Waals surface area contributed by atoms with E-state index in [-0.39, 0.29) is 10.8 Å². The SMILES string of the molecule is Cc1nc(C)c(CCNS(=O)(=O)c2cc3c4c(c2)CC(=O)N4CCC3)s1. The quantitative estimate of drug-likeness (QED) is 0.847. The number of hydrogen-bond donors (Lipinski definition) is 1. The molecule has 0 saturated carbocycles. The predicted molar refractivity (Wildman–Crippen MR) is 101 cm³/mol. The Kier molecular flexibility index (Phi) is 4.37. The zero-order valence-corrected chi connectivity index (χ0v) is 16.5. The first-order valence-corrected chi connectivity index (χ1v) is 11.0. The molecular weight excluding hydrogens is 370 g/mol. The average molecular weight is 392 g/mol. The molecule has 2 aromatic rings. The number of amides is 1.